The standard InChI is InChI=1S/C10H16N2O4/c1-5-6-10(12-16-9(4)14)7(2)11-15-8(3)13/h5-6H2,1-4H3/b11-7+,12-10+. The fourth-order valence-corrected chi connectivity index (χ4v) is 0.834. The number of carbonyl (C=O) groups excluding carboxylic acids is 2. The molecule has 0 saturated carbocycles. The van der Waals surface area contributed by atoms with E-state index in [-0.39, 0.29) is 0 Å². The van der Waals surface area contributed by atoms with Gasteiger partial charge in [0.2, 0.25) is 0 Å². The van der Waals surface area contributed by atoms with Gasteiger partial charge in [-0.3, -0.25) is 0 Å². The lowest BCUT2D eigenvalue weighted by Gasteiger charge is -2.02. The Kier molecular flexibility index (Phi) is 6.74. The van der Waals surface area contributed by atoms with Crippen LogP contribution in [-0.2, 0) is 19.3 Å². The van der Waals surface area contributed by atoms with Crippen LogP contribution >= 0.6 is 0 Å². The van der Waals surface area contributed by atoms with E-state index >= 15 is 0 Å². The molecule has 0 bridgehead atoms. The van der Waals surface area contributed by atoms with Crippen LogP contribution in [-0.4, -0.2) is 23.4 Å². The van der Waals surface area contributed by atoms with E-state index in [9.17, 15) is 9.59 Å². The lowest BCUT2D eigenvalue weighted by atomic mass is 10.1. The van der Waals surface area contributed by atoms with Crippen LogP contribution in [0.15, 0.2) is 10.3 Å². The fourth-order valence-electron chi connectivity index (χ4n) is 0.834. The summed E-state index contributed by atoms with van der Waals surface area (Å²) in [5.41, 5.74) is 0.900. The van der Waals surface area contributed by atoms with E-state index in [0.29, 0.717) is 17.8 Å². The highest BCUT2D eigenvalue weighted by Gasteiger charge is 2.06. The van der Waals surface area contributed by atoms with Gasteiger partial charge in [0.1, 0.15) is 11.4 Å². The van der Waals surface area contributed by atoms with Crippen LogP contribution in [0.25, 0.3) is 0 Å². The van der Waals surface area contributed by atoms with Crippen molar-refractivity contribution in [3.63, 3.8) is 0 Å². The van der Waals surface area contributed by atoms with Gasteiger partial charge in [0.05, 0.1) is 0 Å². The van der Waals surface area contributed by atoms with Crippen molar-refractivity contribution in [1.29, 1.82) is 0 Å². The molecule has 0 aromatic rings. The van der Waals surface area contributed by atoms with Crippen LogP contribution in [0, 0.1) is 0 Å². The summed E-state index contributed by atoms with van der Waals surface area (Å²) in [6.07, 6.45) is 1.40. The summed E-state index contributed by atoms with van der Waals surface area (Å²) in [5, 5.41) is 7.20. The van der Waals surface area contributed by atoms with Crippen molar-refractivity contribution in [3.05, 3.63) is 0 Å². The average Bonchev–Trinajstić information content (AvgIpc) is 2.20. The molecule has 0 unspecified atom stereocenters. The van der Waals surface area contributed by atoms with E-state index in [0.717, 1.165) is 6.42 Å². The Bertz CT molecular complexity index is 321. The predicted molar refractivity (Wildman–Crippen MR) is 59.0 cm³/mol. The highest BCUT2D eigenvalue weighted by Crippen LogP contribution is 1.98. The molecule has 0 atom stereocenters. The van der Waals surface area contributed by atoms with Crippen molar-refractivity contribution in [2.24, 2.45) is 10.3 Å². The van der Waals surface area contributed by atoms with Gasteiger partial charge in [-0.05, 0) is 13.3 Å². The summed E-state index contributed by atoms with van der Waals surface area (Å²) >= 11 is 0. The van der Waals surface area contributed by atoms with Crippen molar-refractivity contribution in [2.45, 2.75) is 40.5 Å². The quantitative estimate of drug-likeness (QED) is 0.407. The minimum atomic E-state index is -0.511. The lowest BCUT2D eigenvalue weighted by molar-refractivity contribution is -0.142. The molecule has 0 aromatic heterocycles. The minimum Gasteiger partial charge on any atom is -0.318 e. The second-order valence-electron chi connectivity index (χ2n) is 3.13. The number of oxime groups is 2. The maximum atomic E-state index is 10.6. The molecule has 0 fully saturated rings. The van der Waals surface area contributed by atoms with Crippen LogP contribution < -0.4 is 0 Å². The molecule has 90 valence electrons. The molecule has 0 rings (SSSR count). The van der Waals surface area contributed by atoms with Gasteiger partial charge in [-0.15, -0.1) is 0 Å². The SMILES string of the molecule is CCCC(=N\OC(C)=O)/C(C)=N/OC(C)=O. The number of hydrogen-bond acceptors (Lipinski definition) is 6. The molecule has 6 heteroatoms. The van der Waals surface area contributed by atoms with Gasteiger partial charge in [-0.2, -0.15) is 0 Å². The maximum absolute atomic E-state index is 10.6. The molecule has 16 heavy (non-hydrogen) atoms. The summed E-state index contributed by atoms with van der Waals surface area (Å²) < 4.78 is 0. The zero-order valence-corrected chi connectivity index (χ0v) is 9.94. The lowest BCUT2D eigenvalue weighted by Crippen LogP contribution is -2.13. The van der Waals surface area contributed by atoms with Crippen molar-refractivity contribution in [1.82, 2.24) is 0 Å². The zero-order valence-electron chi connectivity index (χ0n) is 9.94. The minimum absolute atomic E-state index is 0.415. The molecule has 0 heterocycles. The Labute approximate surface area is 94.3 Å². The third kappa shape index (κ3) is 6.69. The number of nitrogens with zero attached hydrogens (tertiary/aromatic N) is 2. The predicted octanol–water partition coefficient (Wildman–Crippen LogP) is 1.64. The first-order valence-electron chi connectivity index (χ1n) is 4.94. The Hall–Kier alpha value is -1.72. The van der Waals surface area contributed by atoms with E-state index in [1.807, 2.05) is 6.92 Å². The van der Waals surface area contributed by atoms with Crippen molar-refractivity contribution < 1.29 is 19.3 Å². The largest absolute Gasteiger partial charge is 0.331 e. The summed E-state index contributed by atoms with van der Waals surface area (Å²) in [6.45, 7) is 6.08. The number of hydrogen-bond donors (Lipinski definition) is 0. The first-order valence-corrected chi connectivity index (χ1v) is 4.94. The van der Waals surface area contributed by atoms with E-state index in [1.54, 1.807) is 6.92 Å². The van der Waals surface area contributed by atoms with Gasteiger partial charge in [0.15, 0.2) is 0 Å². The molecule has 0 aliphatic carbocycles. The molecule has 0 N–H and O–H groups in total. The fraction of sp³-hybridized carbons (Fsp3) is 0.600. The molecule has 0 spiro atoms. The number of carbonyl (C=O) groups is 2. The van der Waals surface area contributed by atoms with Gasteiger partial charge >= 0.3 is 11.9 Å². The van der Waals surface area contributed by atoms with Crippen molar-refractivity contribution in [2.75, 3.05) is 0 Å². The smallest absolute Gasteiger partial charge is 0.318 e. The van der Waals surface area contributed by atoms with E-state index < -0.39 is 11.9 Å². The summed E-state index contributed by atoms with van der Waals surface area (Å²) in [7, 11) is 0. The third-order valence-electron chi connectivity index (χ3n) is 1.50. The summed E-state index contributed by atoms with van der Waals surface area (Å²) in [4.78, 5) is 30.1. The Morgan fingerprint density at radius 3 is 1.94 bits per heavy atom. The Balaban J connectivity index is 4.62. The molecule has 6 nitrogen and oxygen atoms in total. The Morgan fingerprint density at radius 1 is 1.00 bits per heavy atom. The zero-order chi connectivity index (χ0) is 12.6. The molecular weight excluding hydrogens is 212 g/mol. The topological polar surface area (TPSA) is 77.3 Å². The van der Waals surface area contributed by atoms with E-state index in [4.69, 9.17) is 0 Å². The monoisotopic (exact) mass is 228 g/mol. The van der Waals surface area contributed by atoms with E-state index in [1.165, 1.54) is 13.8 Å². The highest BCUT2D eigenvalue weighted by molar-refractivity contribution is 6.41. The van der Waals surface area contributed by atoms with Crippen molar-refractivity contribution >= 4 is 23.4 Å². The van der Waals surface area contributed by atoms with Crippen LogP contribution in [0.2, 0.25) is 0 Å². The first-order chi connectivity index (χ1) is 7.47. The number of rotatable bonds is 5. The molecular formula is C10H16N2O4. The van der Waals surface area contributed by atoms with Crippen molar-refractivity contribution in [3.8, 4) is 0 Å². The van der Waals surface area contributed by atoms with Gasteiger partial charge in [-0.1, -0.05) is 23.7 Å². The van der Waals surface area contributed by atoms with Crippen LogP contribution in [0.4, 0.5) is 0 Å². The third-order valence-corrected chi connectivity index (χ3v) is 1.50. The average molecular weight is 228 g/mol. The van der Waals surface area contributed by atoms with E-state index in [2.05, 4.69) is 20.0 Å². The molecule has 0 aliphatic heterocycles. The Morgan fingerprint density at radius 2 is 1.50 bits per heavy atom. The van der Waals surface area contributed by atoms with Gasteiger partial charge in [0, 0.05) is 13.8 Å². The molecule has 0 amide bonds. The highest BCUT2D eigenvalue weighted by atomic mass is 16.7. The second kappa shape index (κ2) is 7.56. The molecule has 0 aliphatic rings. The van der Waals surface area contributed by atoms with Crippen LogP contribution in [0.1, 0.15) is 40.5 Å². The molecule has 0 saturated heterocycles. The van der Waals surface area contributed by atoms with Gasteiger partial charge in [-0.25, -0.2) is 9.59 Å². The normalized spacial score (nSPS) is 12.2. The maximum Gasteiger partial charge on any atom is 0.331 e. The first kappa shape index (κ1) is 14.3. The second-order valence-corrected chi connectivity index (χ2v) is 3.13. The van der Waals surface area contributed by atoms with Gasteiger partial charge in [0.25, 0.3) is 0 Å². The van der Waals surface area contributed by atoms with Crippen LogP contribution in [0.3, 0.4) is 0 Å². The molecule has 0 aromatic carbocycles. The summed E-state index contributed by atoms with van der Waals surface area (Å²) in [5.74, 6) is -1.02. The summed E-state index contributed by atoms with van der Waals surface area (Å²) in [6, 6.07) is 0. The molecule has 0 radical (unpaired) electrons. The van der Waals surface area contributed by atoms with Gasteiger partial charge < -0.3 is 9.68 Å². The van der Waals surface area contributed by atoms with Crippen LogP contribution in [0.5, 0.6) is 0 Å².